The van der Waals surface area contributed by atoms with Gasteiger partial charge in [-0.2, -0.15) is 0 Å². The average Bonchev–Trinajstić information content (AvgIpc) is 2.74. The van der Waals surface area contributed by atoms with E-state index in [-0.39, 0.29) is 5.91 Å². The molecule has 1 amide bonds. The molecule has 0 radical (unpaired) electrons. The van der Waals surface area contributed by atoms with Crippen molar-refractivity contribution in [3.05, 3.63) is 0 Å². The second-order valence-electron chi connectivity index (χ2n) is 5.24. The summed E-state index contributed by atoms with van der Waals surface area (Å²) >= 11 is 0. The van der Waals surface area contributed by atoms with E-state index in [0.29, 0.717) is 32.4 Å². The zero-order chi connectivity index (χ0) is 13.8. The molecule has 1 fully saturated rings. The van der Waals surface area contributed by atoms with Gasteiger partial charge in [-0.25, -0.2) is 0 Å². The molecule has 0 aromatic heterocycles. The van der Waals surface area contributed by atoms with Crippen LogP contribution in [0, 0.1) is 5.41 Å². The first-order valence-electron chi connectivity index (χ1n) is 6.74. The molecule has 1 unspecified atom stereocenters. The van der Waals surface area contributed by atoms with Crippen molar-refractivity contribution in [2.24, 2.45) is 11.1 Å². The van der Waals surface area contributed by atoms with Crippen molar-refractivity contribution in [2.45, 2.75) is 52.0 Å². The number of nitrogens with zero attached hydrogens (tertiary/aromatic N) is 1. The van der Waals surface area contributed by atoms with Gasteiger partial charge in [-0.05, 0) is 19.3 Å². The van der Waals surface area contributed by atoms with Crippen LogP contribution in [-0.2, 0) is 9.59 Å². The summed E-state index contributed by atoms with van der Waals surface area (Å²) in [5.74, 6) is -0.889. The molecular formula is C13H24N2O3. The summed E-state index contributed by atoms with van der Waals surface area (Å²) in [6, 6.07) is -0.485. The Bertz CT molecular complexity index is 319. The predicted molar refractivity (Wildman–Crippen MR) is 69.1 cm³/mol. The van der Waals surface area contributed by atoms with Crippen molar-refractivity contribution >= 4 is 11.9 Å². The van der Waals surface area contributed by atoms with Gasteiger partial charge in [0.15, 0.2) is 0 Å². The van der Waals surface area contributed by atoms with E-state index in [0.717, 1.165) is 12.8 Å². The van der Waals surface area contributed by atoms with Gasteiger partial charge in [-0.15, -0.1) is 0 Å². The molecule has 0 aromatic rings. The third-order valence-corrected chi connectivity index (χ3v) is 3.76. The first kappa shape index (κ1) is 15.0. The molecule has 2 atom stereocenters. The lowest BCUT2D eigenvalue weighted by Crippen LogP contribution is -2.44. The molecule has 0 spiro atoms. The maximum absolute atomic E-state index is 12.1. The highest BCUT2D eigenvalue weighted by molar-refractivity contribution is 5.84. The largest absolute Gasteiger partial charge is 0.481 e. The van der Waals surface area contributed by atoms with Crippen LogP contribution >= 0.6 is 0 Å². The van der Waals surface area contributed by atoms with Crippen LogP contribution in [0.1, 0.15) is 46.0 Å². The van der Waals surface area contributed by atoms with Crippen LogP contribution < -0.4 is 5.73 Å². The summed E-state index contributed by atoms with van der Waals surface area (Å²) in [6.45, 7) is 4.78. The van der Waals surface area contributed by atoms with Gasteiger partial charge in [0.05, 0.1) is 11.5 Å². The minimum Gasteiger partial charge on any atom is -0.481 e. The number of carboxylic acid groups (broad SMARTS) is 1. The summed E-state index contributed by atoms with van der Waals surface area (Å²) in [7, 11) is 0. The van der Waals surface area contributed by atoms with Gasteiger partial charge in [0.25, 0.3) is 0 Å². The molecular weight excluding hydrogens is 232 g/mol. The molecule has 18 heavy (non-hydrogen) atoms. The van der Waals surface area contributed by atoms with Crippen LogP contribution in [0.15, 0.2) is 0 Å². The van der Waals surface area contributed by atoms with Crippen LogP contribution in [0.3, 0.4) is 0 Å². The van der Waals surface area contributed by atoms with Gasteiger partial charge in [0.1, 0.15) is 0 Å². The SMILES string of the molecule is CCC[C@H](N)C(=O)N1CCC(CCC)(C(=O)O)C1. The van der Waals surface area contributed by atoms with Crippen LogP contribution in [0.4, 0.5) is 0 Å². The normalized spacial score (nSPS) is 25.2. The van der Waals surface area contributed by atoms with E-state index in [1.807, 2.05) is 13.8 Å². The van der Waals surface area contributed by atoms with Crippen molar-refractivity contribution < 1.29 is 14.7 Å². The minimum absolute atomic E-state index is 0.101. The second kappa shape index (κ2) is 6.18. The molecule has 3 N–H and O–H groups in total. The smallest absolute Gasteiger partial charge is 0.311 e. The molecule has 5 nitrogen and oxygen atoms in total. The monoisotopic (exact) mass is 256 g/mol. The number of carbonyl (C=O) groups is 2. The Morgan fingerprint density at radius 2 is 2.06 bits per heavy atom. The predicted octanol–water partition coefficient (Wildman–Crippen LogP) is 1.22. The molecule has 0 bridgehead atoms. The van der Waals surface area contributed by atoms with Crippen molar-refractivity contribution in [1.82, 2.24) is 4.90 Å². The van der Waals surface area contributed by atoms with Crippen molar-refractivity contribution in [3.63, 3.8) is 0 Å². The van der Waals surface area contributed by atoms with Gasteiger partial charge in [0, 0.05) is 13.1 Å². The topological polar surface area (TPSA) is 83.6 Å². The molecule has 5 heteroatoms. The van der Waals surface area contributed by atoms with Gasteiger partial charge < -0.3 is 15.7 Å². The highest BCUT2D eigenvalue weighted by Crippen LogP contribution is 2.35. The third kappa shape index (κ3) is 3.02. The zero-order valence-corrected chi connectivity index (χ0v) is 11.3. The van der Waals surface area contributed by atoms with Crippen LogP contribution in [0.25, 0.3) is 0 Å². The van der Waals surface area contributed by atoms with Gasteiger partial charge >= 0.3 is 5.97 Å². The molecule has 104 valence electrons. The first-order valence-corrected chi connectivity index (χ1v) is 6.74. The Labute approximate surface area is 108 Å². The van der Waals surface area contributed by atoms with E-state index in [1.165, 1.54) is 0 Å². The Balaban J connectivity index is 2.69. The molecule has 1 aliphatic rings. The number of nitrogens with two attached hydrogens (primary N) is 1. The Hall–Kier alpha value is -1.10. The Morgan fingerprint density at radius 3 is 2.56 bits per heavy atom. The Morgan fingerprint density at radius 1 is 1.39 bits per heavy atom. The highest BCUT2D eigenvalue weighted by Gasteiger charge is 2.45. The van der Waals surface area contributed by atoms with Crippen LogP contribution in [-0.4, -0.2) is 41.0 Å². The van der Waals surface area contributed by atoms with E-state index in [2.05, 4.69) is 0 Å². The molecule has 1 aliphatic heterocycles. The number of likely N-dealkylation sites (tertiary alicyclic amines) is 1. The lowest BCUT2D eigenvalue weighted by atomic mass is 9.83. The lowest BCUT2D eigenvalue weighted by molar-refractivity contribution is -0.149. The van der Waals surface area contributed by atoms with E-state index < -0.39 is 17.4 Å². The fourth-order valence-corrected chi connectivity index (χ4v) is 2.69. The number of hydrogen-bond acceptors (Lipinski definition) is 3. The number of rotatable bonds is 6. The maximum Gasteiger partial charge on any atom is 0.311 e. The highest BCUT2D eigenvalue weighted by atomic mass is 16.4. The fraction of sp³-hybridized carbons (Fsp3) is 0.846. The summed E-state index contributed by atoms with van der Waals surface area (Å²) in [4.78, 5) is 25.1. The van der Waals surface area contributed by atoms with Crippen molar-refractivity contribution in [2.75, 3.05) is 13.1 Å². The van der Waals surface area contributed by atoms with Gasteiger partial charge in [0.2, 0.25) is 5.91 Å². The fourth-order valence-electron chi connectivity index (χ4n) is 2.69. The van der Waals surface area contributed by atoms with E-state index in [4.69, 9.17) is 5.73 Å². The first-order chi connectivity index (χ1) is 8.46. The number of hydrogen-bond donors (Lipinski definition) is 2. The third-order valence-electron chi connectivity index (χ3n) is 3.76. The van der Waals surface area contributed by atoms with E-state index in [1.54, 1.807) is 4.90 Å². The summed E-state index contributed by atoms with van der Waals surface area (Å²) in [5, 5.41) is 9.37. The number of carbonyl (C=O) groups excluding carboxylic acids is 1. The number of amides is 1. The van der Waals surface area contributed by atoms with Crippen LogP contribution in [0.5, 0.6) is 0 Å². The molecule has 0 saturated carbocycles. The van der Waals surface area contributed by atoms with Crippen molar-refractivity contribution in [1.29, 1.82) is 0 Å². The quantitative estimate of drug-likeness (QED) is 0.748. The zero-order valence-electron chi connectivity index (χ0n) is 11.3. The maximum atomic E-state index is 12.1. The van der Waals surface area contributed by atoms with Crippen LogP contribution in [0.2, 0.25) is 0 Å². The van der Waals surface area contributed by atoms with Crippen molar-refractivity contribution in [3.8, 4) is 0 Å². The minimum atomic E-state index is -0.788. The molecule has 1 rings (SSSR count). The lowest BCUT2D eigenvalue weighted by Gasteiger charge is -2.25. The molecule has 1 heterocycles. The molecule has 0 aliphatic carbocycles. The second-order valence-corrected chi connectivity index (χ2v) is 5.24. The van der Waals surface area contributed by atoms with E-state index >= 15 is 0 Å². The van der Waals surface area contributed by atoms with Gasteiger partial charge in [-0.1, -0.05) is 26.7 Å². The number of carboxylic acids is 1. The standard InChI is InChI=1S/C13H24N2O3/c1-3-5-10(14)11(16)15-8-7-13(9-15,6-4-2)12(17)18/h10H,3-9,14H2,1-2H3,(H,17,18)/t10-,13?/m0/s1. The number of aliphatic carboxylic acids is 1. The summed E-state index contributed by atoms with van der Waals surface area (Å²) < 4.78 is 0. The van der Waals surface area contributed by atoms with E-state index in [9.17, 15) is 14.7 Å². The molecule has 0 aromatic carbocycles. The Kier molecular flexibility index (Phi) is 5.14. The summed E-state index contributed by atoms with van der Waals surface area (Å²) in [6.07, 6.45) is 3.49. The van der Waals surface area contributed by atoms with Gasteiger partial charge in [-0.3, -0.25) is 9.59 Å². The molecule has 1 saturated heterocycles. The summed E-state index contributed by atoms with van der Waals surface area (Å²) in [5.41, 5.74) is 5.05. The average molecular weight is 256 g/mol.